The summed E-state index contributed by atoms with van der Waals surface area (Å²) in [5, 5.41) is 22.4. The molecule has 7 N–H and O–H groups in total. The van der Waals surface area contributed by atoms with Gasteiger partial charge in [-0.2, -0.15) is 0 Å². The van der Waals surface area contributed by atoms with Gasteiger partial charge >= 0.3 is 0 Å². The van der Waals surface area contributed by atoms with Gasteiger partial charge in [0.05, 0.1) is 18.3 Å². The molecule has 4 rings (SSSR count). The molecule has 0 radical (unpaired) electrons. The van der Waals surface area contributed by atoms with Crippen molar-refractivity contribution in [3.05, 3.63) is 0 Å². The van der Waals surface area contributed by atoms with Gasteiger partial charge in [-0.25, -0.2) is 5.48 Å². The summed E-state index contributed by atoms with van der Waals surface area (Å²) in [7, 11) is 0. The number of hydrogen-bond acceptors (Lipinski definition) is 5. The standard InChI is InChI=1S/C25H46N4O3/c1-23-10-7-19(30)16-18(23)4-5-21-20(23)8-11-24(2)17(6-12-25(21,24)31)9-14-29-32-15-3-13-28-22(26)27/h17-21,29-31H,3-16H2,1-2H3,(H4,26,27,28)/t17-,18?,19?,20+,21-,23+,24-,25-/m1/s1. The number of aliphatic hydroxyl groups excluding tert-OH is 1. The first-order valence-corrected chi connectivity index (χ1v) is 13.0. The summed E-state index contributed by atoms with van der Waals surface area (Å²) in [6, 6.07) is 0. The van der Waals surface area contributed by atoms with E-state index in [0.717, 1.165) is 64.3 Å². The number of fused-ring (bicyclic) bond motifs is 5. The minimum atomic E-state index is -0.536. The molecule has 4 aliphatic rings. The van der Waals surface area contributed by atoms with Gasteiger partial charge in [-0.15, -0.1) is 0 Å². The lowest BCUT2D eigenvalue weighted by Crippen LogP contribution is -2.62. The van der Waals surface area contributed by atoms with E-state index in [1.807, 2.05) is 0 Å². The molecule has 4 fully saturated rings. The van der Waals surface area contributed by atoms with E-state index in [0.29, 0.717) is 42.2 Å². The number of nitrogens with one attached hydrogen (secondary N) is 1. The summed E-state index contributed by atoms with van der Waals surface area (Å²) >= 11 is 0. The first-order valence-electron chi connectivity index (χ1n) is 13.0. The molecule has 7 nitrogen and oxygen atoms in total. The molecule has 0 spiro atoms. The highest BCUT2D eigenvalue weighted by Crippen LogP contribution is 2.69. The number of hydroxylamine groups is 1. The second-order valence-corrected chi connectivity index (χ2v) is 11.7. The summed E-state index contributed by atoms with van der Waals surface area (Å²) in [6.45, 7) is 6.83. The Hall–Kier alpha value is -0.890. The summed E-state index contributed by atoms with van der Waals surface area (Å²) in [6.07, 6.45) is 11.5. The van der Waals surface area contributed by atoms with Crippen LogP contribution >= 0.6 is 0 Å². The third kappa shape index (κ3) is 4.19. The van der Waals surface area contributed by atoms with Crippen LogP contribution in [0.1, 0.15) is 84.5 Å². The number of guanidine groups is 1. The fourth-order valence-corrected chi connectivity index (χ4v) is 8.50. The van der Waals surface area contributed by atoms with Gasteiger partial charge in [-0.05, 0) is 105 Å². The Balaban J connectivity index is 1.32. The first kappa shape index (κ1) is 24.2. The second kappa shape index (κ2) is 9.40. The fraction of sp³-hybridized carbons (Fsp3) is 0.960. The third-order valence-electron chi connectivity index (χ3n) is 10.4. The molecule has 4 saturated carbocycles. The van der Waals surface area contributed by atoms with Crippen molar-refractivity contribution in [3.63, 3.8) is 0 Å². The van der Waals surface area contributed by atoms with Crippen LogP contribution in [0, 0.1) is 34.5 Å². The summed E-state index contributed by atoms with van der Waals surface area (Å²) in [4.78, 5) is 9.51. The Labute approximate surface area is 193 Å². The van der Waals surface area contributed by atoms with Crippen LogP contribution in [0.3, 0.4) is 0 Å². The van der Waals surface area contributed by atoms with Gasteiger partial charge in [0, 0.05) is 13.1 Å². The highest BCUT2D eigenvalue weighted by Gasteiger charge is 2.66. The van der Waals surface area contributed by atoms with Gasteiger partial charge in [0.2, 0.25) is 0 Å². The van der Waals surface area contributed by atoms with Crippen LogP contribution < -0.4 is 16.9 Å². The predicted octanol–water partition coefficient (Wildman–Crippen LogP) is 2.70. The van der Waals surface area contributed by atoms with Crippen molar-refractivity contribution in [2.75, 3.05) is 19.7 Å². The molecule has 0 aliphatic heterocycles. The highest BCUT2D eigenvalue weighted by atomic mass is 16.6. The average molecular weight is 451 g/mol. The molecule has 0 bridgehead atoms. The molecule has 32 heavy (non-hydrogen) atoms. The predicted molar refractivity (Wildman–Crippen MR) is 127 cm³/mol. The Morgan fingerprint density at radius 1 is 1.06 bits per heavy atom. The van der Waals surface area contributed by atoms with E-state index in [-0.39, 0.29) is 17.5 Å². The molecule has 0 aromatic rings. The molecule has 8 atom stereocenters. The topological polar surface area (TPSA) is 126 Å². The van der Waals surface area contributed by atoms with Crippen molar-refractivity contribution in [3.8, 4) is 0 Å². The van der Waals surface area contributed by atoms with Crippen LogP contribution in [-0.4, -0.2) is 47.6 Å². The van der Waals surface area contributed by atoms with E-state index in [9.17, 15) is 10.2 Å². The Bertz CT molecular complexity index is 686. The molecule has 2 unspecified atom stereocenters. The molecular weight excluding hydrogens is 404 g/mol. The van der Waals surface area contributed by atoms with E-state index in [1.165, 1.54) is 12.8 Å². The molecule has 0 amide bonds. The Morgan fingerprint density at radius 3 is 2.66 bits per heavy atom. The van der Waals surface area contributed by atoms with Crippen molar-refractivity contribution < 1.29 is 15.1 Å². The molecule has 0 saturated heterocycles. The quantitative estimate of drug-likeness (QED) is 0.167. The first-order chi connectivity index (χ1) is 15.2. The van der Waals surface area contributed by atoms with E-state index in [4.69, 9.17) is 16.3 Å². The van der Waals surface area contributed by atoms with Gasteiger partial charge in [-0.3, -0.25) is 4.99 Å². The maximum atomic E-state index is 12.2. The average Bonchev–Trinajstić information content (AvgIpc) is 3.01. The summed E-state index contributed by atoms with van der Waals surface area (Å²) in [5.41, 5.74) is 13.5. The maximum absolute atomic E-state index is 12.2. The number of hydrogen-bond donors (Lipinski definition) is 5. The second-order valence-electron chi connectivity index (χ2n) is 11.7. The molecule has 0 aromatic carbocycles. The summed E-state index contributed by atoms with van der Waals surface area (Å²) < 4.78 is 0. The van der Waals surface area contributed by atoms with Crippen LogP contribution in [0.4, 0.5) is 0 Å². The Morgan fingerprint density at radius 2 is 1.88 bits per heavy atom. The van der Waals surface area contributed by atoms with E-state index in [2.05, 4.69) is 24.3 Å². The van der Waals surface area contributed by atoms with Gasteiger partial charge in [0.25, 0.3) is 0 Å². The molecule has 7 heteroatoms. The van der Waals surface area contributed by atoms with Gasteiger partial charge in [0.15, 0.2) is 5.96 Å². The van der Waals surface area contributed by atoms with Crippen LogP contribution in [0.5, 0.6) is 0 Å². The number of aliphatic hydroxyl groups is 2. The van der Waals surface area contributed by atoms with Gasteiger partial charge < -0.3 is 26.5 Å². The minimum absolute atomic E-state index is 0.000587. The summed E-state index contributed by atoms with van der Waals surface area (Å²) in [5.74, 6) is 2.31. The van der Waals surface area contributed by atoms with E-state index < -0.39 is 5.60 Å². The number of nitrogens with two attached hydrogens (primary N) is 2. The van der Waals surface area contributed by atoms with Crippen LogP contribution in [0.15, 0.2) is 4.99 Å². The largest absolute Gasteiger partial charge is 0.393 e. The minimum Gasteiger partial charge on any atom is -0.393 e. The maximum Gasteiger partial charge on any atom is 0.185 e. The normalized spacial score (nSPS) is 45.6. The lowest BCUT2D eigenvalue weighted by Gasteiger charge is -2.63. The van der Waals surface area contributed by atoms with Crippen molar-refractivity contribution in [2.24, 2.45) is 51.0 Å². The number of rotatable bonds is 8. The zero-order valence-corrected chi connectivity index (χ0v) is 20.2. The van der Waals surface area contributed by atoms with Gasteiger partial charge in [-0.1, -0.05) is 13.8 Å². The molecule has 4 aliphatic carbocycles. The number of nitrogens with zero attached hydrogens (tertiary/aromatic N) is 1. The van der Waals surface area contributed by atoms with Crippen molar-refractivity contribution in [1.29, 1.82) is 0 Å². The molecule has 184 valence electrons. The fourth-order valence-electron chi connectivity index (χ4n) is 8.50. The van der Waals surface area contributed by atoms with Gasteiger partial charge in [0.1, 0.15) is 0 Å². The molecule has 0 aromatic heterocycles. The van der Waals surface area contributed by atoms with Crippen LogP contribution in [0.2, 0.25) is 0 Å². The zero-order chi connectivity index (χ0) is 23.0. The lowest BCUT2D eigenvalue weighted by molar-refractivity contribution is -0.210. The van der Waals surface area contributed by atoms with Crippen molar-refractivity contribution in [2.45, 2.75) is 96.2 Å². The lowest BCUT2D eigenvalue weighted by atomic mass is 9.43. The van der Waals surface area contributed by atoms with Crippen LogP contribution in [-0.2, 0) is 4.84 Å². The number of aliphatic imine (C=N–C) groups is 1. The van der Waals surface area contributed by atoms with Crippen molar-refractivity contribution in [1.82, 2.24) is 5.48 Å². The van der Waals surface area contributed by atoms with Crippen molar-refractivity contribution >= 4 is 5.96 Å². The SMILES string of the molecule is C[C@]12CCC(O)CC1CC[C@@H]1[C@@H]2CC[C@]2(C)[C@@H](CCNOCCCN=C(N)N)CC[C@@]12O. The third-order valence-corrected chi connectivity index (χ3v) is 10.4. The smallest absolute Gasteiger partial charge is 0.185 e. The highest BCUT2D eigenvalue weighted by molar-refractivity contribution is 5.75. The Kier molecular flexibility index (Phi) is 7.12. The van der Waals surface area contributed by atoms with Crippen LogP contribution in [0.25, 0.3) is 0 Å². The van der Waals surface area contributed by atoms with E-state index in [1.54, 1.807) is 0 Å². The molecule has 0 heterocycles. The van der Waals surface area contributed by atoms with E-state index >= 15 is 0 Å². The monoisotopic (exact) mass is 450 g/mol. The molecular formula is C25H46N4O3. The zero-order valence-electron chi connectivity index (χ0n) is 20.2.